The maximum Gasteiger partial charge on any atom is 0.403 e. The second kappa shape index (κ2) is 4.56. The Balaban J connectivity index is 1.96. The van der Waals surface area contributed by atoms with E-state index in [1.807, 2.05) is 12.1 Å². The molecular weight excluding hydrogens is 231 g/mol. The largest absolute Gasteiger partial charge is 0.493 e. The first-order chi connectivity index (χ1) is 7.97. The number of ether oxygens (including phenoxy) is 1. The molecule has 1 aromatic rings. The topological polar surface area (TPSA) is 35.2 Å². The molecule has 0 aromatic heterocycles. The van der Waals surface area contributed by atoms with Crippen LogP contribution in [-0.4, -0.2) is 18.8 Å². The SMILES string of the molecule is NC(CCc1ccc2c(c1)CCO2)C(F)(F)F. The summed E-state index contributed by atoms with van der Waals surface area (Å²) in [5, 5.41) is 0. The van der Waals surface area contributed by atoms with Crippen molar-refractivity contribution in [1.82, 2.24) is 0 Å². The zero-order valence-corrected chi connectivity index (χ0v) is 9.26. The Bertz CT molecular complexity index is 403. The van der Waals surface area contributed by atoms with E-state index in [1.165, 1.54) is 0 Å². The van der Waals surface area contributed by atoms with Crippen LogP contribution in [0.25, 0.3) is 0 Å². The zero-order valence-electron chi connectivity index (χ0n) is 9.26. The Kier molecular flexibility index (Phi) is 3.28. The van der Waals surface area contributed by atoms with Crippen LogP contribution < -0.4 is 10.5 Å². The molecule has 0 radical (unpaired) electrons. The number of hydrogen-bond donors (Lipinski definition) is 1. The lowest BCUT2D eigenvalue weighted by molar-refractivity contribution is -0.148. The van der Waals surface area contributed by atoms with E-state index in [0.29, 0.717) is 13.0 Å². The lowest BCUT2D eigenvalue weighted by Gasteiger charge is -2.15. The average Bonchev–Trinajstić information content (AvgIpc) is 2.71. The van der Waals surface area contributed by atoms with Gasteiger partial charge in [0.2, 0.25) is 0 Å². The van der Waals surface area contributed by atoms with Gasteiger partial charge in [0.15, 0.2) is 0 Å². The molecule has 0 fully saturated rings. The van der Waals surface area contributed by atoms with Crippen molar-refractivity contribution >= 4 is 0 Å². The highest BCUT2D eigenvalue weighted by Crippen LogP contribution is 2.27. The maximum atomic E-state index is 12.2. The van der Waals surface area contributed by atoms with Crippen LogP contribution in [0.4, 0.5) is 13.2 Å². The first kappa shape index (κ1) is 12.2. The van der Waals surface area contributed by atoms with E-state index < -0.39 is 12.2 Å². The molecule has 0 saturated carbocycles. The number of hydrogen-bond acceptors (Lipinski definition) is 2. The van der Waals surface area contributed by atoms with Crippen LogP contribution in [0, 0.1) is 0 Å². The second-order valence-electron chi connectivity index (χ2n) is 4.23. The fourth-order valence-corrected chi connectivity index (χ4v) is 1.88. The predicted octanol–water partition coefficient (Wildman–Crippen LogP) is 2.44. The summed E-state index contributed by atoms with van der Waals surface area (Å²) < 4.78 is 42.0. The molecule has 2 N–H and O–H groups in total. The van der Waals surface area contributed by atoms with Gasteiger partial charge in [0, 0.05) is 6.42 Å². The van der Waals surface area contributed by atoms with Crippen LogP contribution in [0.2, 0.25) is 0 Å². The third-order valence-electron chi connectivity index (χ3n) is 2.92. The van der Waals surface area contributed by atoms with Crippen LogP contribution in [0.3, 0.4) is 0 Å². The highest BCUT2D eigenvalue weighted by Gasteiger charge is 2.36. The fourth-order valence-electron chi connectivity index (χ4n) is 1.88. The summed E-state index contributed by atoms with van der Waals surface area (Å²) >= 11 is 0. The van der Waals surface area contributed by atoms with Crippen LogP contribution in [-0.2, 0) is 12.8 Å². The van der Waals surface area contributed by atoms with Crippen molar-refractivity contribution in [3.63, 3.8) is 0 Å². The van der Waals surface area contributed by atoms with Crippen molar-refractivity contribution in [2.75, 3.05) is 6.61 Å². The summed E-state index contributed by atoms with van der Waals surface area (Å²) in [5.41, 5.74) is 7.02. The van der Waals surface area contributed by atoms with E-state index in [0.717, 1.165) is 23.3 Å². The molecule has 17 heavy (non-hydrogen) atoms. The standard InChI is InChI=1S/C12H14F3NO/c13-12(14,15)11(16)4-2-8-1-3-10-9(7-8)5-6-17-10/h1,3,7,11H,2,4-6,16H2. The van der Waals surface area contributed by atoms with Gasteiger partial charge in [0.1, 0.15) is 11.8 Å². The zero-order chi connectivity index (χ0) is 12.5. The van der Waals surface area contributed by atoms with Gasteiger partial charge in [-0.05, 0) is 30.0 Å². The van der Waals surface area contributed by atoms with E-state index in [9.17, 15) is 13.2 Å². The van der Waals surface area contributed by atoms with Gasteiger partial charge in [-0.15, -0.1) is 0 Å². The summed E-state index contributed by atoms with van der Waals surface area (Å²) in [6, 6.07) is 3.78. The predicted molar refractivity (Wildman–Crippen MR) is 58.0 cm³/mol. The Labute approximate surface area is 97.6 Å². The molecule has 1 atom stereocenters. The van der Waals surface area contributed by atoms with Gasteiger partial charge in [-0.3, -0.25) is 0 Å². The molecule has 0 aliphatic carbocycles. The van der Waals surface area contributed by atoms with E-state index in [4.69, 9.17) is 10.5 Å². The van der Waals surface area contributed by atoms with Crippen molar-refractivity contribution in [2.24, 2.45) is 5.73 Å². The molecule has 2 rings (SSSR count). The molecule has 0 saturated heterocycles. The summed E-state index contributed by atoms with van der Waals surface area (Å²) in [7, 11) is 0. The normalized spacial score (nSPS) is 16.5. The van der Waals surface area contributed by atoms with Crippen LogP contribution in [0.5, 0.6) is 5.75 Å². The number of aryl methyl sites for hydroxylation is 1. The molecule has 1 heterocycles. The number of fused-ring (bicyclic) bond motifs is 1. The molecule has 2 nitrogen and oxygen atoms in total. The second-order valence-corrected chi connectivity index (χ2v) is 4.23. The first-order valence-electron chi connectivity index (χ1n) is 5.54. The molecule has 0 spiro atoms. The van der Waals surface area contributed by atoms with Crippen molar-refractivity contribution in [3.05, 3.63) is 29.3 Å². The van der Waals surface area contributed by atoms with Gasteiger partial charge in [0.05, 0.1) is 6.61 Å². The summed E-state index contributed by atoms with van der Waals surface area (Å²) in [6.07, 6.45) is -3.22. The Morgan fingerprint density at radius 2 is 2.12 bits per heavy atom. The highest BCUT2D eigenvalue weighted by atomic mass is 19.4. The molecule has 0 amide bonds. The highest BCUT2D eigenvalue weighted by molar-refractivity contribution is 5.39. The summed E-state index contributed by atoms with van der Waals surface area (Å²) in [6.45, 7) is 0.654. The lowest BCUT2D eigenvalue weighted by Crippen LogP contribution is -2.37. The maximum absolute atomic E-state index is 12.2. The summed E-state index contributed by atoms with van der Waals surface area (Å²) in [5.74, 6) is 0.842. The molecule has 1 aromatic carbocycles. The molecule has 1 unspecified atom stereocenters. The molecule has 94 valence electrons. The van der Waals surface area contributed by atoms with Crippen molar-refractivity contribution in [2.45, 2.75) is 31.5 Å². The minimum atomic E-state index is -4.31. The number of nitrogens with two attached hydrogens (primary N) is 1. The molecule has 1 aliphatic heterocycles. The van der Waals surface area contributed by atoms with E-state index >= 15 is 0 Å². The smallest absolute Gasteiger partial charge is 0.403 e. The first-order valence-corrected chi connectivity index (χ1v) is 5.54. The Hall–Kier alpha value is -1.23. The van der Waals surface area contributed by atoms with Crippen molar-refractivity contribution in [1.29, 1.82) is 0 Å². The fraction of sp³-hybridized carbons (Fsp3) is 0.500. The number of rotatable bonds is 3. The quantitative estimate of drug-likeness (QED) is 0.887. The number of alkyl halides is 3. The number of benzene rings is 1. The lowest BCUT2D eigenvalue weighted by atomic mass is 10.0. The minimum absolute atomic E-state index is 0.0802. The van der Waals surface area contributed by atoms with Gasteiger partial charge in [-0.25, -0.2) is 0 Å². The molecule has 1 aliphatic rings. The van der Waals surface area contributed by atoms with Crippen LogP contribution >= 0.6 is 0 Å². The van der Waals surface area contributed by atoms with Crippen LogP contribution in [0.15, 0.2) is 18.2 Å². The molecule has 0 bridgehead atoms. The third kappa shape index (κ3) is 2.91. The van der Waals surface area contributed by atoms with Gasteiger partial charge < -0.3 is 10.5 Å². The Morgan fingerprint density at radius 1 is 1.35 bits per heavy atom. The number of halogens is 3. The average molecular weight is 245 g/mol. The third-order valence-corrected chi connectivity index (χ3v) is 2.92. The van der Waals surface area contributed by atoms with E-state index in [1.54, 1.807) is 6.07 Å². The molecular formula is C12H14F3NO. The van der Waals surface area contributed by atoms with Gasteiger partial charge in [0.25, 0.3) is 0 Å². The van der Waals surface area contributed by atoms with Gasteiger partial charge in [-0.1, -0.05) is 12.1 Å². The van der Waals surface area contributed by atoms with E-state index in [-0.39, 0.29) is 6.42 Å². The monoisotopic (exact) mass is 245 g/mol. The minimum Gasteiger partial charge on any atom is -0.493 e. The van der Waals surface area contributed by atoms with Gasteiger partial charge in [-0.2, -0.15) is 13.2 Å². The Morgan fingerprint density at radius 3 is 2.82 bits per heavy atom. The summed E-state index contributed by atoms with van der Waals surface area (Å²) in [4.78, 5) is 0. The van der Waals surface area contributed by atoms with Crippen LogP contribution in [0.1, 0.15) is 17.5 Å². The van der Waals surface area contributed by atoms with Crippen molar-refractivity contribution in [3.8, 4) is 5.75 Å². The van der Waals surface area contributed by atoms with Crippen molar-refractivity contribution < 1.29 is 17.9 Å². The van der Waals surface area contributed by atoms with E-state index in [2.05, 4.69) is 0 Å². The molecule has 5 heteroatoms. The van der Waals surface area contributed by atoms with Gasteiger partial charge >= 0.3 is 6.18 Å².